The van der Waals surface area contributed by atoms with Crippen molar-refractivity contribution in [2.75, 3.05) is 32.1 Å². The molecule has 144 valence electrons. The number of fused-ring (bicyclic) bond motifs is 1. The van der Waals surface area contributed by atoms with E-state index < -0.39 is 0 Å². The first-order valence-electron chi connectivity index (χ1n) is 8.96. The molecule has 0 aliphatic rings. The fourth-order valence-electron chi connectivity index (χ4n) is 2.75. The van der Waals surface area contributed by atoms with Gasteiger partial charge in [-0.15, -0.1) is 11.3 Å². The lowest BCUT2D eigenvalue weighted by molar-refractivity contribution is 0.629. The summed E-state index contributed by atoms with van der Waals surface area (Å²) in [6, 6.07) is 4.81. The van der Waals surface area contributed by atoms with E-state index >= 15 is 0 Å². The first-order chi connectivity index (χ1) is 13.1. The van der Waals surface area contributed by atoms with Gasteiger partial charge < -0.3 is 20.5 Å². The number of nitrogens with zero attached hydrogens (tertiary/aromatic N) is 3. The maximum absolute atomic E-state index is 13.5. The van der Waals surface area contributed by atoms with E-state index in [-0.39, 0.29) is 5.82 Å². The highest BCUT2D eigenvalue weighted by molar-refractivity contribution is 7.13. The molecule has 8 heteroatoms. The molecule has 0 bridgehead atoms. The van der Waals surface area contributed by atoms with Crippen LogP contribution < -0.4 is 15.5 Å². The van der Waals surface area contributed by atoms with Gasteiger partial charge in [0.2, 0.25) is 0 Å². The van der Waals surface area contributed by atoms with Crippen LogP contribution in [0.15, 0.2) is 34.8 Å². The fraction of sp³-hybridized carbons (Fsp3) is 0.368. The molecule has 2 aromatic heterocycles. The van der Waals surface area contributed by atoms with Crippen molar-refractivity contribution in [1.29, 1.82) is 0 Å². The highest BCUT2D eigenvalue weighted by Crippen LogP contribution is 2.20. The van der Waals surface area contributed by atoms with Crippen LogP contribution in [0.1, 0.15) is 18.2 Å². The summed E-state index contributed by atoms with van der Waals surface area (Å²) in [6.07, 6.45) is 2.71. The van der Waals surface area contributed by atoms with Crippen molar-refractivity contribution in [3.63, 3.8) is 0 Å². The molecule has 0 saturated heterocycles. The van der Waals surface area contributed by atoms with Crippen LogP contribution in [0.4, 0.5) is 9.52 Å². The molecule has 1 aromatic carbocycles. The number of benzene rings is 1. The van der Waals surface area contributed by atoms with Crippen LogP contribution in [-0.4, -0.2) is 43.1 Å². The summed E-state index contributed by atoms with van der Waals surface area (Å²) in [5.41, 5.74) is 2.99. The molecule has 0 saturated carbocycles. The van der Waals surface area contributed by atoms with E-state index in [2.05, 4.69) is 25.6 Å². The summed E-state index contributed by atoms with van der Waals surface area (Å²) in [6.45, 7) is 4.05. The van der Waals surface area contributed by atoms with Gasteiger partial charge in [-0.1, -0.05) is 0 Å². The SMILES string of the molecule is CCNC(=NCc1csc(N(C)C)n1)NCCc1c[nH]c2ccc(F)cc12. The predicted molar refractivity (Wildman–Crippen MR) is 111 cm³/mol. The van der Waals surface area contributed by atoms with Crippen molar-refractivity contribution >= 4 is 33.3 Å². The van der Waals surface area contributed by atoms with Gasteiger partial charge in [-0.2, -0.15) is 0 Å². The molecule has 0 amide bonds. The molecule has 2 heterocycles. The lowest BCUT2D eigenvalue weighted by Crippen LogP contribution is -2.38. The van der Waals surface area contributed by atoms with Crippen molar-refractivity contribution < 1.29 is 4.39 Å². The Morgan fingerprint density at radius 1 is 1.33 bits per heavy atom. The topological polar surface area (TPSA) is 68.3 Å². The summed E-state index contributed by atoms with van der Waals surface area (Å²) in [7, 11) is 3.96. The predicted octanol–water partition coefficient (Wildman–Crippen LogP) is 3.13. The molecule has 0 aliphatic heterocycles. The maximum Gasteiger partial charge on any atom is 0.191 e. The van der Waals surface area contributed by atoms with E-state index in [4.69, 9.17) is 0 Å². The van der Waals surface area contributed by atoms with E-state index in [1.54, 1.807) is 23.5 Å². The summed E-state index contributed by atoms with van der Waals surface area (Å²) in [5.74, 6) is 0.537. The molecule has 3 rings (SSSR count). The standard InChI is InChI=1S/C19H25FN6S/c1-4-21-18(24-11-15-12-27-19(25-15)26(2)3)22-8-7-13-10-23-17-6-5-14(20)9-16(13)17/h5-6,9-10,12,23H,4,7-8,11H2,1-3H3,(H2,21,22,24). The number of H-pyrrole nitrogens is 1. The van der Waals surface area contributed by atoms with Gasteiger partial charge in [0, 0.05) is 49.7 Å². The van der Waals surface area contributed by atoms with Crippen LogP contribution in [-0.2, 0) is 13.0 Å². The average molecular weight is 389 g/mol. The maximum atomic E-state index is 13.5. The Morgan fingerprint density at radius 3 is 2.93 bits per heavy atom. The van der Waals surface area contributed by atoms with Gasteiger partial charge in [-0.25, -0.2) is 14.4 Å². The lowest BCUT2D eigenvalue weighted by Gasteiger charge is -2.11. The number of aromatic amines is 1. The van der Waals surface area contributed by atoms with E-state index in [1.807, 2.05) is 37.5 Å². The number of hydrogen-bond donors (Lipinski definition) is 3. The number of guanidine groups is 1. The third-order valence-corrected chi connectivity index (χ3v) is 5.14. The molecule has 27 heavy (non-hydrogen) atoms. The fourth-order valence-corrected chi connectivity index (χ4v) is 3.50. The van der Waals surface area contributed by atoms with Crippen LogP contribution >= 0.6 is 11.3 Å². The van der Waals surface area contributed by atoms with Crippen molar-refractivity contribution in [2.45, 2.75) is 19.9 Å². The minimum atomic E-state index is -0.216. The van der Waals surface area contributed by atoms with Crippen LogP contribution in [0.2, 0.25) is 0 Å². The lowest BCUT2D eigenvalue weighted by atomic mass is 10.1. The summed E-state index contributed by atoms with van der Waals surface area (Å²) in [4.78, 5) is 14.3. The number of thiazole rings is 1. The second-order valence-corrected chi connectivity index (χ2v) is 7.23. The summed E-state index contributed by atoms with van der Waals surface area (Å²) >= 11 is 1.61. The highest BCUT2D eigenvalue weighted by atomic mass is 32.1. The molecule has 0 aliphatic carbocycles. The van der Waals surface area contributed by atoms with Gasteiger partial charge in [-0.3, -0.25) is 0 Å². The number of hydrogen-bond acceptors (Lipinski definition) is 4. The molecule has 6 nitrogen and oxygen atoms in total. The van der Waals surface area contributed by atoms with Crippen molar-refractivity contribution in [3.05, 3.63) is 46.9 Å². The molecule has 0 radical (unpaired) electrons. The second-order valence-electron chi connectivity index (χ2n) is 6.39. The zero-order valence-electron chi connectivity index (χ0n) is 15.8. The Hall–Kier alpha value is -2.61. The van der Waals surface area contributed by atoms with Gasteiger partial charge in [0.1, 0.15) is 5.82 Å². The zero-order valence-corrected chi connectivity index (χ0v) is 16.7. The quantitative estimate of drug-likeness (QED) is 0.430. The van der Waals surface area contributed by atoms with Gasteiger partial charge in [0.25, 0.3) is 0 Å². The van der Waals surface area contributed by atoms with Crippen LogP contribution in [0.3, 0.4) is 0 Å². The van der Waals surface area contributed by atoms with Crippen molar-refractivity contribution in [2.24, 2.45) is 4.99 Å². The molecule has 0 fully saturated rings. The Kier molecular flexibility index (Phi) is 6.28. The van der Waals surface area contributed by atoms with Gasteiger partial charge in [-0.05, 0) is 37.1 Å². The highest BCUT2D eigenvalue weighted by Gasteiger charge is 2.06. The molecular formula is C19H25FN6S. The number of halogens is 1. The van der Waals surface area contributed by atoms with E-state index in [9.17, 15) is 4.39 Å². The first kappa shape index (κ1) is 19.2. The van der Waals surface area contributed by atoms with Gasteiger partial charge in [0.15, 0.2) is 11.1 Å². The third kappa shape index (κ3) is 4.97. The molecule has 3 N–H and O–H groups in total. The number of nitrogens with one attached hydrogen (secondary N) is 3. The zero-order chi connectivity index (χ0) is 19.2. The van der Waals surface area contributed by atoms with E-state index in [0.29, 0.717) is 13.1 Å². The Bertz CT molecular complexity index is 914. The normalized spacial score (nSPS) is 11.8. The monoisotopic (exact) mass is 388 g/mol. The van der Waals surface area contributed by atoms with Gasteiger partial charge >= 0.3 is 0 Å². The molecule has 3 aromatic rings. The van der Waals surface area contributed by atoms with Crippen LogP contribution in [0.5, 0.6) is 0 Å². The van der Waals surface area contributed by atoms with Crippen molar-refractivity contribution in [1.82, 2.24) is 20.6 Å². The largest absolute Gasteiger partial charge is 0.361 e. The molecule has 0 spiro atoms. The Morgan fingerprint density at radius 2 is 2.19 bits per heavy atom. The number of anilines is 1. The summed E-state index contributed by atoms with van der Waals surface area (Å²) < 4.78 is 13.5. The second kappa shape index (κ2) is 8.85. The minimum absolute atomic E-state index is 0.216. The van der Waals surface area contributed by atoms with Crippen LogP contribution in [0.25, 0.3) is 10.9 Å². The third-order valence-electron chi connectivity index (χ3n) is 4.08. The van der Waals surface area contributed by atoms with Gasteiger partial charge in [0.05, 0.1) is 12.2 Å². The van der Waals surface area contributed by atoms with E-state index in [1.165, 1.54) is 6.07 Å². The minimum Gasteiger partial charge on any atom is -0.361 e. The smallest absolute Gasteiger partial charge is 0.191 e. The molecule has 0 atom stereocenters. The molecular weight excluding hydrogens is 363 g/mol. The Labute approximate surface area is 162 Å². The first-order valence-corrected chi connectivity index (χ1v) is 9.84. The van der Waals surface area contributed by atoms with Crippen LogP contribution in [0, 0.1) is 5.82 Å². The molecule has 0 unspecified atom stereocenters. The average Bonchev–Trinajstić information content (AvgIpc) is 3.27. The number of aromatic nitrogens is 2. The Balaban J connectivity index is 1.59. The number of rotatable bonds is 7. The number of aliphatic imine (C=N–C) groups is 1. The van der Waals surface area contributed by atoms with E-state index in [0.717, 1.165) is 46.2 Å². The summed E-state index contributed by atoms with van der Waals surface area (Å²) in [5, 5.41) is 10.5. The van der Waals surface area contributed by atoms with Crippen molar-refractivity contribution in [3.8, 4) is 0 Å².